The van der Waals surface area contributed by atoms with Crippen LogP contribution in [0.5, 0.6) is 5.75 Å². The molecule has 0 bridgehead atoms. The molecular weight excluding hydrogens is 480 g/mol. The lowest BCUT2D eigenvalue weighted by molar-refractivity contribution is -0.128. The Labute approximate surface area is 201 Å². The number of fused-ring (bicyclic) bond motifs is 1. The van der Waals surface area contributed by atoms with Gasteiger partial charge in [-0.25, -0.2) is 13.2 Å². The van der Waals surface area contributed by atoms with Gasteiger partial charge in [0, 0.05) is 49.3 Å². The number of carbonyl (C=O) groups is 1. The van der Waals surface area contributed by atoms with Crippen LogP contribution >= 0.6 is 11.6 Å². The molecule has 176 valence electrons. The molecule has 9 nitrogen and oxygen atoms in total. The average molecular weight is 501 g/mol. The van der Waals surface area contributed by atoms with Gasteiger partial charge in [-0.05, 0) is 42.3 Å². The summed E-state index contributed by atoms with van der Waals surface area (Å²) in [5.74, 6) is 0.443. The predicted octanol–water partition coefficient (Wildman–Crippen LogP) is 2.84. The molecule has 2 aliphatic rings. The number of benzene rings is 2. The quantitative estimate of drug-likeness (QED) is 0.389. The van der Waals surface area contributed by atoms with Crippen LogP contribution in [0, 0.1) is 0 Å². The summed E-state index contributed by atoms with van der Waals surface area (Å²) in [7, 11) is -3.70. The molecule has 2 aliphatic heterocycles. The number of halogens is 1. The maximum Gasteiger partial charge on any atom is 0.335 e. The zero-order chi connectivity index (χ0) is 23.7. The average Bonchev–Trinajstić information content (AvgIpc) is 3.19. The summed E-state index contributed by atoms with van der Waals surface area (Å²) in [6.45, 7) is 1.40. The van der Waals surface area contributed by atoms with E-state index in [1.165, 1.54) is 22.5 Å². The first-order valence-corrected chi connectivity index (χ1v) is 12.5. The smallest absolute Gasteiger partial charge is 0.335 e. The summed E-state index contributed by atoms with van der Waals surface area (Å²) < 4.78 is 38.5. The summed E-state index contributed by atoms with van der Waals surface area (Å²) in [6, 6.07) is 12.4. The Morgan fingerprint density at radius 1 is 1.06 bits per heavy atom. The van der Waals surface area contributed by atoms with E-state index in [0.717, 1.165) is 5.56 Å². The number of carbonyl (C=O) groups excluding carboxylic acids is 1. The molecule has 11 heteroatoms. The Kier molecular flexibility index (Phi) is 6.11. The summed E-state index contributed by atoms with van der Waals surface area (Å²) in [5, 5.41) is 4.69. The number of allylic oxidation sites excluding steroid dienone is 1. The molecular formula is C23H21ClN4O5S. The van der Waals surface area contributed by atoms with Crippen LogP contribution < -0.4 is 9.64 Å². The Hall–Kier alpha value is -3.21. The molecule has 1 saturated heterocycles. The summed E-state index contributed by atoms with van der Waals surface area (Å²) in [6.07, 6.45) is 3.91. The molecule has 34 heavy (non-hydrogen) atoms. The molecule has 0 saturated carbocycles. The number of rotatable bonds is 5. The third-order valence-corrected chi connectivity index (χ3v) is 7.82. The Morgan fingerprint density at radius 2 is 1.88 bits per heavy atom. The van der Waals surface area contributed by atoms with Gasteiger partial charge in [-0.15, -0.1) is 0 Å². The van der Waals surface area contributed by atoms with Crippen molar-refractivity contribution in [3.8, 4) is 5.75 Å². The first kappa shape index (κ1) is 22.6. The van der Waals surface area contributed by atoms with E-state index in [-0.39, 0.29) is 18.0 Å². The summed E-state index contributed by atoms with van der Waals surface area (Å²) in [5.41, 5.74) is 1.63. The first-order chi connectivity index (χ1) is 16.4. The van der Waals surface area contributed by atoms with Gasteiger partial charge in [-0.1, -0.05) is 35.0 Å². The number of ether oxygens (including phenoxy) is 1. The van der Waals surface area contributed by atoms with E-state index in [4.69, 9.17) is 20.9 Å². The van der Waals surface area contributed by atoms with Crippen LogP contribution in [0.15, 0.2) is 64.0 Å². The molecule has 0 aliphatic carbocycles. The van der Waals surface area contributed by atoms with Gasteiger partial charge in [0.25, 0.3) is 0 Å². The van der Waals surface area contributed by atoms with Gasteiger partial charge in [0.1, 0.15) is 5.75 Å². The van der Waals surface area contributed by atoms with Crippen LogP contribution in [0.3, 0.4) is 0 Å². The fourth-order valence-corrected chi connectivity index (χ4v) is 5.63. The molecule has 0 N–H and O–H groups in total. The fourth-order valence-electron chi connectivity index (χ4n) is 3.94. The number of hydrogen-bond donors (Lipinski definition) is 0. The summed E-state index contributed by atoms with van der Waals surface area (Å²) in [4.78, 5) is 18.1. The predicted molar refractivity (Wildman–Crippen MR) is 124 cm³/mol. The molecule has 0 spiro atoms. The molecule has 3 aromatic rings. The molecule has 0 atom stereocenters. The van der Waals surface area contributed by atoms with Crippen molar-refractivity contribution in [3.05, 3.63) is 76.6 Å². The maximum atomic E-state index is 13.2. The minimum atomic E-state index is -3.70. The largest absolute Gasteiger partial charge is 0.423 e. The van der Waals surface area contributed by atoms with Crippen LogP contribution in [0.2, 0.25) is 5.02 Å². The van der Waals surface area contributed by atoms with Crippen molar-refractivity contribution in [2.45, 2.75) is 17.7 Å². The van der Waals surface area contributed by atoms with Gasteiger partial charge in [0.05, 0.1) is 4.90 Å². The molecule has 2 aromatic carbocycles. The topological polar surface area (TPSA) is 106 Å². The van der Waals surface area contributed by atoms with Crippen molar-refractivity contribution in [1.29, 1.82) is 0 Å². The molecule has 0 radical (unpaired) electrons. The van der Waals surface area contributed by atoms with Gasteiger partial charge in [-0.2, -0.15) is 9.29 Å². The highest BCUT2D eigenvalue weighted by atomic mass is 35.5. The normalized spacial score (nSPS) is 16.7. The number of esters is 1. The second-order valence-corrected chi connectivity index (χ2v) is 10.4. The zero-order valence-electron chi connectivity index (χ0n) is 18.1. The molecule has 1 aromatic heterocycles. The minimum Gasteiger partial charge on any atom is -0.423 e. The third kappa shape index (κ3) is 4.70. The Bertz CT molecular complexity index is 1360. The lowest BCUT2D eigenvalue weighted by Crippen LogP contribution is -2.48. The van der Waals surface area contributed by atoms with Crippen LogP contribution in [-0.2, 0) is 27.7 Å². The van der Waals surface area contributed by atoms with Crippen LogP contribution in [0.1, 0.15) is 17.0 Å². The van der Waals surface area contributed by atoms with Crippen molar-refractivity contribution in [2.75, 3.05) is 31.1 Å². The SMILES string of the molecule is O=C1C=CCc2cc(S(=O)(=O)N3CCN(c4nc(Cc5cccc(Cl)c5)no4)CC3)ccc2O1. The molecule has 0 amide bonds. The van der Waals surface area contributed by atoms with Gasteiger partial charge in [-0.3, -0.25) is 0 Å². The maximum absolute atomic E-state index is 13.2. The highest BCUT2D eigenvalue weighted by Gasteiger charge is 2.31. The van der Waals surface area contributed by atoms with E-state index in [1.807, 2.05) is 23.1 Å². The lowest BCUT2D eigenvalue weighted by Gasteiger charge is -2.32. The van der Waals surface area contributed by atoms with E-state index in [1.54, 1.807) is 18.2 Å². The van der Waals surface area contributed by atoms with Crippen molar-refractivity contribution in [2.24, 2.45) is 0 Å². The Morgan fingerprint density at radius 3 is 2.68 bits per heavy atom. The van der Waals surface area contributed by atoms with Gasteiger partial charge in [0.2, 0.25) is 10.0 Å². The fraction of sp³-hybridized carbons (Fsp3) is 0.261. The van der Waals surface area contributed by atoms with E-state index >= 15 is 0 Å². The third-order valence-electron chi connectivity index (χ3n) is 5.69. The molecule has 5 rings (SSSR count). The summed E-state index contributed by atoms with van der Waals surface area (Å²) >= 11 is 6.03. The Balaban J connectivity index is 1.25. The van der Waals surface area contributed by atoms with Gasteiger partial charge in [0.15, 0.2) is 5.82 Å². The molecule has 0 unspecified atom stereocenters. The van der Waals surface area contributed by atoms with Crippen LogP contribution in [-0.4, -0.2) is 55.0 Å². The number of nitrogens with zero attached hydrogens (tertiary/aromatic N) is 4. The van der Waals surface area contributed by atoms with Crippen LogP contribution in [0.4, 0.5) is 6.01 Å². The second-order valence-electron chi connectivity index (χ2n) is 7.99. The number of sulfonamides is 1. The first-order valence-electron chi connectivity index (χ1n) is 10.7. The lowest BCUT2D eigenvalue weighted by atomic mass is 10.1. The van der Waals surface area contributed by atoms with E-state index in [9.17, 15) is 13.2 Å². The monoisotopic (exact) mass is 500 g/mol. The van der Waals surface area contributed by atoms with Crippen molar-refractivity contribution >= 4 is 33.6 Å². The van der Waals surface area contributed by atoms with Crippen molar-refractivity contribution < 1.29 is 22.5 Å². The molecule has 3 heterocycles. The highest BCUT2D eigenvalue weighted by molar-refractivity contribution is 7.89. The van der Waals surface area contributed by atoms with Crippen LogP contribution in [0.25, 0.3) is 0 Å². The minimum absolute atomic E-state index is 0.174. The standard InChI is InChI=1S/C23H21ClN4O5S/c24-18-5-1-3-16(13-18)14-21-25-23(33-26-21)27-9-11-28(12-10-27)34(30,31)19-7-8-20-17(15-19)4-2-6-22(29)32-20/h1-3,5-8,13,15H,4,9-12,14H2. The number of hydrogen-bond acceptors (Lipinski definition) is 8. The number of anilines is 1. The van der Waals surface area contributed by atoms with Crippen molar-refractivity contribution in [3.63, 3.8) is 0 Å². The number of piperazine rings is 1. The molecule has 1 fully saturated rings. The zero-order valence-corrected chi connectivity index (χ0v) is 19.6. The van der Waals surface area contributed by atoms with Gasteiger partial charge < -0.3 is 14.2 Å². The second kappa shape index (κ2) is 9.21. The van der Waals surface area contributed by atoms with E-state index in [0.29, 0.717) is 54.1 Å². The number of aromatic nitrogens is 2. The van der Waals surface area contributed by atoms with E-state index < -0.39 is 16.0 Å². The van der Waals surface area contributed by atoms with Gasteiger partial charge >= 0.3 is 12.0 Å². The van der Waals surface area contributed by atoms with E-state index in [2.05, 4.69) is 10.1 Å². The highest BCUT2D eigenvalue weighted by Crippen LogP contribution is 2.28. The van der Waals surface area contributed by atoms with Crippen molar-refractivity contribution in [1.82, 2.24) is 14.4 Å².